The summed E-state index contributed by atoms with van der Waals surface area (Å²) in [5.74, 6) is -1.94. The van der Waals surface area contributed by atoms with Crippen molar-refractivity contribution < 1.29 is 27.1 Å². The van der Waals surface area contributed by atoms with Gasteiger partial charge in [-0.1, -0.05) is 23.7 Å². The Hall–Kier alpha value is -2.49. The maximum atomic E-state index is 13.2. The van der Waals surface area contributed by atoms with Crippen LogP contribution in [0.5, 0.6) is 0 Å². The molecule has 0 saturated carbocycles. The minimum atomic E-state index is -4.03. The number of likely N-dealkylation sites (N-methyl/N-ethyl adjacent to an activating group) is 1. The van der Waals surface area contributed by atoms with E-state index in [-0.39, 0.29) is 22.0 Å². The van der Waals surface area contributed by atoms with Gasteiger partial charge < -0.3 is 9.64 Å². The van der Waals surface area contributed by atoms with E-state index in [1.54, 1.807) is 6.07 Å². The number of benzene rings is 2. The van der Waals surface area contributed by atoms with Gasteiger partial charge in [0, 0.05) is 13.6 Å². The summed E-state index contributed by atoms with van der Waals surface area (Å²) in [6.07, 6.45) is 0. The maximum absolute atomic E-state index is 13.2. The van der Waals surface area contributed by atoms with Crippen molar-refractivity contribution in [2.75, 3.05) is 13.7 Å². The number of hydrogen-bond donors (Lipinski definition) is 1. The first-order valence-electron chi connectivity index (χ1n) is 7.56. The average Bonchev–Trinajstić information content (AvgIpc) is 2.58. The summed E-state index contributed by atoms with van der Waals surface area (Å²) in [5.41, 5.74) is 0.338. The minimum absolute atomic E-state index is 0.0482. The van der Waals surface area contributed by atoms with Gasteiger partial charge in [-0.05, 0) is 35.9 Å². The van der Waals surface area contributed by atoms with Crippen LogP contribution in [0.15, 0.2) is 47.4 Å². The van der Waals surface area contributed by atoms with Crippen molar-refractivity contribution in [1.82, 2.24) is 4.90 Å². The smallest absolute Gasteiger partial charge is 0.340 e. The molecule has 0 aliphatic heterocycles. The van der Waals surface area contributed by atoms with Gasteiger partial charge in [-0.2, -0.15) is 0 Å². The number of nitrogens with two attached hydrogens (primary N) is 1. The highest BCUT2D eigenvalue weighted by Gasteiger charge is 2.19. The molecule has 2 aromatic carbocycles. The van der Waals surface area contributed by atoms with Gasteiger partial charge in [0.05, 0.1) is 15.5 Å². The number of amides is 1. The molecule has 7 nitrogen and oxygen atoms in total. The van der Waals surface area contributed by atoms with Crippen molar-refractivity contribution in [3.05, 3.63) is 64.4 Å². The van der Waals surface area contributed by atoms with Gasteiger partial charge in [0.15, 0.2) is 6.61 Å². The Labute approximate surface area is 160 Å². The van der Waals surface area contributed by atoms with Crippen LogP contribution in [0.4, 0.5) is 4.39 Å². The number of rotatable bonds is 6. The lowest BCUT2D eigenvalue weighted by atomic mass is 10.2. The number of ether oxygens (including phenoxy) is 1. The molecule has 0 spiro atoms. The first-order chi connectivity index (χ1) is 12.6. The van der Waals surface area contributed by atoms with Crippen LogP contribution in [-0.2, 0) is 26.1 Å². The van der Waals surface area contributed by atoms with Crippen LogP contribution in [0.3, 0.4) is 0 Å². The zero-order chi connectivity index (χ0) is 20.2. The largest absolute Gasteiger partial charge is 0.452 e. The second-order valence-corrected chi connectivity index (χ2v) is 7.61. The molecule has 144 valence electrons. The van der Waals surface area contributed by atoms with Crippen LogP contribution in [-0.4, -0.2) is 38.8 Å². The molecule has 2 aromatic rings. The molecule has 0 aliphatic rings. The number of carbonyl (C=O) groups excluding carboxylic acids is 2. The lowest BCUT2D eigenvalue weighted by Gasteiger charge is -2.17. The summed E-state index contributed by atoms with van der Waals surface area (Å²) in [4.78, 5) is 25.1. The standard InChI is InChI=1S/C17H16ClFN2O5S/c1-21(9-11-3-2-4-12(19)7-11)16(22)10-26-17(23)14-8-13(27(20,24)25)5-6-15(14)18/h2-8H,9-10H2,1H3,(H2,20,24,25). The Morgan fingerprint density at radius 3 is 2.56 bits per heavy atom. The second kappa shape index (κ2) is 8.47. The van der Waals surface area contributed by atoms with Crippen LogP contribution < -0.4 is 5.14 Å². The van der Waals surface area contributed by atoms with E-state index in [0.717, 1.165) is 12.1 Å². The minimum Gasteiger partial charge on any atom is -0.452 e. The number of esters is 1. The topological polar surface area (TPSA) is 107 Å². The zero-order valence-corrected chi connectivity index (χ0v) is 15.8. The SMILES string of the molecule is CN(Cc1cccc(F)c1)C(=O)COC(=O)c1cc(S(N)(=O)=O)ccc1Cl. The van der Waals surface area contributed by atoms with Crippen LogP contribution in [0.2, 0.25) is 5.02 Å². The predicted molar refractivity (Wildman–Crippen MR) is 96.0 cm³/mol. The van der Waals surface area contributed by atoms with Crippen molar-refractivity contribution in [1.29, 1.82) is 0 Å². The lowest BCUT2D eigenvalue weighted by Crippen LogP contribution is -2.31. The molecule has 0 aliphatic carbocycles. The number of hydrogen-bond acceptors (Lipinski definition) is 5. The first-order valence-corrected chi connectivity index (χ1v) is 9.48. The van der Waals surface area contributed by atoms with Gasteiger partial charge >= 0.3 is 5.97 Å². The summed E-state index contributed by atoms with van der Waals surface area (Å²) >= 11 is 5.87. The molecule has 0 atom stereocenters. The third-order valence-corrected chi connectivity index (χ3v) is 4.79. The van der Waals surface area contributed by atoms with E-state index in [9.17, 15) is 22.4 Å². The van der Waals surface area contributed by atoms with Crippen molar-refractivity contribution in [2.24, 2.45) is 5.14 Å². The van der Waals surface area contributed by atoms with E-state index < -0.39 is 34.3 Å². The molecule has 27 heavy (non-hydrogen) atoms. The van der Waals surface area contributed by atoms with E-state index in [1.165, 1.54) is 36.2 Å². The highest BCUT2D eigenvalue weighted by molar-refractivity contribution is 7.89. The molecule has 2 rings (SSSR count). The molecule has 0 radical (unpaired) electrons. The number of primary sulfonamides is 1. The van der Waals surface area contributed by atoms with Crippen molar-refractivity contribution in [2.45, 2.75) is 11.4 Å². The second-order valence-electron chi connectivity index (χ2n) is 5.64. The quantitative estimate of drug-likeness (QED) is 0.727. The van der Waals surface area contributed by atoms with Gasteiger partial charge in [-0.3, -0.25) is 4.79 Å². The van der Waals surface area contributed by atoms with Crippen LogP contribution in [0.25, 0.3) is 0 Å². The van der Waals surface area contributed by atoms with Gasteiger partial charge in [-0.25, -0.2) is 22.7 Å². The Morgan fingerprint density at radius 2 is 1.93 bits per heavy atom. The number of nitrogens with zero attached hydrogens (tertiary/aromatic N) is 1. The summed E-state index contributed by atoms with van der Waals surface area (Å²) in [6.45, 7) is -0.476. The van der Waals surface area contributed by atoms with Crippen molar-refractivity contribution >= 4 is 33.5 Å². The van der Waals surface area contributed by atoms with E-state index in [1.807, 2.05) is 0 Å². The van der Waals surface area contributed by atoms with E-state index in [2.05, 4.69) is 0 Å². The molecule has 0 fully saturated rings. The molecular weight excluding hydrogens is 399 g/mol. The van der Waals surface area contributed by atoms with Gasteiger partial charge in [-0.15, -0.1) is 0 Å². The Morgan fingerprint density at radius 1 is 1.22 bits per heavy atom. The molecule has 1 amide bonds. The fourth-order valence-corrected chi connectivity index (χ4v) is 2.88. The van der Waals surface area contributed by atoms with Gasteiger partial charge in [0.2, 0.25) is 10.0 Å². The van der Waals surface area contributed by atoms with E-state index >= 15 is 0 Å². The summed E-state index contributed by atoms with van der Waals surface area (Å²) in [5, 5.41) is 4.96. The Balaban J connectivity index is 2.01. The Kier molecular flexibility index (Phi) is 6.53. The maximum Gasteiger partial charge on any atom is 0.340 e. The highest BCUT2D eigenvalue weighted by Crippen LogP contribution is 2.20. The number of carbonyl (C=O) groups is 2. The number of halogens is 2. The van der Waals surface area contributed by atoms with E-state index in [4.69, 9.17) is 21.5 Å². The molecule has 0 saturated heterocycles. The molecule has 2 N–H and O–H groups in total. The molecule has 0 unspecified atom stereocenters. The molecule has 10 heteroatoms. The summed E-state index contributed by atoms with van der Waals surface area (Å²) in [6, 6.07) is 9.05. The first kappa shape index (κ1) is 20.8. The van der Waals surface area contributed by atoms with Crippen molar-refractivity contribution in [3.8, 4) is 0 Å². The number of sulfonamides is 1. The highest BCUT2D eigenvalue weighted by atomic mass is 35.5. The fraction of sp³-hybridized carbons (Fsp3) is 0.176. The average molecular weight is 415 g/mol. The predicted octanol–water partition coefficient (Wildman–Crippen LogP) is 1.94. The van der Waals surface area contributed by atoms with Crippen molar-refractivity contribution in [3.63, 3.8) is 0 Å². The third kappa shape index (κ3) is 5.75. The van der Waals surface area contributed by atoms with E-state index in [0.29, 0.717) is 5.56 Å². The van der Waals surface area contributed by atoms with Crippen LogP contribution in [0.1, 0.15) is 15.9 Å². The van der Waals surface area contributed by atoms with Gasteiger partial charge in [0.25, 0.3) is 5.91 Å². The Bertz CT molecular complexity index is 981. The summed E-state index contributed by atoms with van der Waals surface area (Å²) in [7, 11) is -2.56. The monoisotopic (exact) mass is 414 g/mol. The normalized spacial score (nSPS) is 11.1. The third-order valence-electron chi connectivity index (χ3n) is 3.55. The summed E-state index contributed by atoms with van der Waals surface area (Å²) < 4.78 is 40.8. The van der Waals surface area contributed by atoms with Crippen LogP contribution >= 0.6 is 11.6 Å². The molecule has 0 aromatic heterocycles. The fourth-order valence-electron chi connectivity index (χ4n) is 2.15. The molecule has 0 heterocycles. The zero-order valence-electron chi connectivity index (χ0n) is 14.2. The lowest BCUT2D eigenvalue weighted by molar-refractivity contribution is -0.133. The molecular formula is C17H16ClFN2O5S. The van der Waals surface area contributed by atoms with Gasteiger partial charge in [0.1, 0.15) is 5.82 Å². The van der Waals surface area contributed by atoms with Crippen LogP contribution in [0, 0.1) is 5.82 Å². The molecule has 0 bridgehead atoms.